The van der Waals surface area contributed by atoms with Gasteiger partial charge >= 0.3 is 0 Å². The third-order valence-electron chi connectivity index (χ3n) is 10.9. The van der Waals surface area contributed by atoms with Crippen LogP contribution in [0.4, 0.5) is 17.1 Å². The molecule has 1 heterocycles. The molecule has 52 heavy (non-hydrogen) atoms. The van der Waals surface area contributed by atoms with Crippen LogP contribution in [0.25, 0.3) is 70.9 Å². The van der Waals surface area contributed by atoms with Gasteiger partial charge in [0.15, 0.2) is 0 Å². The topological polar surface area (TPSA) is 8.17 Å². The van der Waals surface area contributed by atoms with Gasteiger partial charge in [0, 0.05) is 38.9 Å². The summed E-state index contributed by atoms with van der Waals surface area (Å²) in [4.78, 5) is 2.31. The van der Waals surface area contributed by atoms with E-state index in [0.717, 1.165) is 17.1 Å². The summed E-state index contributed by atoms with van der Waals surface area (Å²) in [7, 11) is 0. The van der Waals surface area contributed by atoms with E-state index in [-0.39, 0.29) is 5.41 Å². The molecule has 0 unspecified atom stereocenters. The molecule has 0 bridgehead atoms. The van der Waals surface area contributed by atoms with Crippen LogP contribution in [-0.4, -0.2) is 4.57 Å². The minimum atomic E-state index is 0.0570. The lowest BCUT2D eigenvalue weighted by atomic mass is 9.86. The number of benzene rings is 9. The van der Waals surface area contributed by atoms with Crippen molar-refractivity contribution >= 4 is 71.2 Å². The number of rotatable bonds is 5. The summed E-state index contributed by atoms with van der Waals surface area (Å²) < 4.78 is 2.48. The Balaban J connectivity index is 1.19. The second-order valence-corrected chi connectivity index (χ2v) is 15.0. The molecule has 0 saturated carbocycles. The highest BCUT2D eigenvalue weighted by atomic mass is 15.1. The SMILES string of the molecule is CC(C)(C)c1ccc2c(c1)c1cc3ccc4c(-c5ccc(N(c6ccccc6)c6ccccc6)cc5)ccc5ccc(c3c54)c1n2-c1ccccc1. The van der Waals surface area contributed by atoms with Gasteiger partial charge in [-0.25, -0.2) is 0 Å². The number of fused-ring (bicyclic) bond motifs is 4. The first-order chi connectivity index (χ1) is 25.4. The van der Waals surface area contributed by atoms with E-state index in [4.69, 9.17) is 0 Å². The van der Waals surface area contributed by atoms with Crippen molar-refractivity contribution in [2.24, 2.45) is 0 Å². The van der Waals surface area contributed by atoms with E-state index in [1.54, 1.807) is 0 Å². The number of nitrogens with zero attached hydrogens (tertiary/aromatic N) is 2. The van der Waals surface area contributed by atoms with Gasteiger partial charge in [-0.3, -0.25) is 0 Å². The molecule has 1 aromatic heterocycles. The molecule has 2 heteroatoms. The lowest BCUT2D eigenvalue weighted by Crippen LogP contribution is -2.10. The predicted octanol–water partition coefficient (Wildman–Crippen LogP) is 14.1. The van der Waals surface area contributed by atoms with Crippen molar-refractivity contribution in [1.29, 1.82) is 0 Å². The molecule has 0 aliphatic rings. The third kappa shape index (κ3) is 4.72. The Bertz CT molecular complexity index is 2860. The van der Waals surface area contributed by atoms with Crippen molar-refractivity contribution in [1.82, 2.24) is 4.57 Å². The zero-order valence-corrected chi connectivity index (χ0v) is 29.6. The maximum Gasteiger partial charge on any atom is 0.0620 e. The van der Waals surface area contributed by atoms with E-state index in [1.165, 1.54) is 76.5 Å². The van der Waals surface area contributed by atoms with Crippen molar-refractivity contribution < 1.29 is 0 Å². The molecule has 0 radical (unpaired) electrons. The lowest BCUT2D eigenvalue weighted by molar-refractivity contribution is 0.591. The van der Waals surface area contributed by atoms with Crippen LogP contribution in [0.1, 0.15) is 26.3 Å². The quantitative estimate of drug-likeness (QED) is 0.166. The predicted molar refractivity (Wildman–Crippen MR) is 223 cm³/mol. The van der Waals surface area contributed by atoms with Crippen LogP contribution in [0.3, 0.4) is 0 Å². The highest BCUT2D eigenvalue weighted by Crippen LogP contribution is 2.46. The summed E-state index contributed by atoms with van der Waals surface area (Å²) in [5.74, 6) is 0. The second kappa shape index (κ2) is 11.6. The number of anilines is 3. The molecule has 0 spiro atoms. The molecule has 2 nitrogen and oxygen atoms in total. The van der Waals surface area contributed by atoms with E-state index < -0.39 is 0 Å². The fraction of sp³-hybridized carbons (Fsp3) is 0.0800. The van der Waals surface area contributed by atoms with Crippen molar-refractivity contribution in [3.63, 3.8) is 0 Å². The summed E-state index contributed by atoms with van der Waals surface area (Å²) >= 11 is 0. The number of hydrogen-bond acceptors (Lipinski definition) is 1. The average Bonchev–Trinajstić information content (AvgIpc) is 3.51. The highest BCUT2D eigenvalue weighted by molar-refractivity contribution is 6.32. The fourth-order valence-corrected chi connectivity index (χ4v) is 8.33. The van der Waals surface area contributed by atoms with E-state index in [1.807, 2.05) is 0 Å². The smallest absolute Gasteiger partial charge is 0.0620 e. The molecule has 0 aliphatic carbocycles. The Morgan fingerprint density at radius 3 is 1.69 bits per heavy atom. The molecule has 10 rings (SSSR count). The summed E-state index contributed by atoms with van der Waals surface area (Å²) in [5, 5.41) is 10.4. The third-order valence-corrected chi connectivity index (χ3v) is 10.9. The Morgan fingerprint density at radius 2 is 1.02 bits per heavy atom. The zero-order valence-electron chi connectivity index (χ0n) is 29.6. The highest BCUT2D eigenvalue weighted by Gasteiger charge is 2.22. The second-order valence-electron chi connectivity index (χ2n) is 15.0. The number of hydrogen-bond donors (Lipinski definition) is 0. The molecule has 0 aliphatic heterocycles. The molecule has 10 aromatic rings. The van der Waals surface area contributed by atoms with Gasteiger partial charge in [0.25, 0.3) is 0 Å². The molecular weight excluding hydrogens is 629 g/mol. The van der Waals surface area contributed by atoms with Gasteiger partial charge in [0.2, 0.25) is 0 Å². The average molecular weight is 667 g/mol. The first kappa shape index (κ1) is 30.4. The minimum Gasteiger partial charge on any atom is -0.311 e. The van der Waals surface area contributed by atoms with Gasteiger partial charge in [-0.05, 0) is 116 Å². The normalized spacial score (nSPS) is 12.1. The van der Waals surface area contributed by atoms with Crippen LogP contribution in [0.5, 0.6) is 0 Å². The molecular formula is C50H38N2. The van der Waals surface area contributed by atoms with E-state index in [2.05, 4.69) is 206 Å². The van der Waals surface area contributed by atoms with Crippen LogP contribution in [0.2, 0.25) is 0 Å². The van der Waals surface area contributed by atoms with E-state index in [9.17, 15) is 0 Å². The Labute approximate surface area is 304 Å². The lowest BCUT2D eigenvalue weighted by Gasteiger charge is -2.25. The molecule has 0 amide bonds. The Kier molecular flexibility index (Phi) is 6.78. The van der Waals surface area contributed by atoms with Gasteiger partial charge < -0.3 is 9.47 Å². The fourth-order valence-electron chi connectivity index (χ4n) is 8.33. The molecule has 9 aromatic carbocycles. The molecule has 0 N–H and O–H groups in total. The van der Waals surface area contributed by atoms with Gasteiger partial charge in [0.05, 0.1) is 11.0 Å². The minimum absolute atomic E-state index is 0.0570. The molecule has 0 fully saturated rings. The zero-order chi connectivity index (χ0) is 35.0. The number of aromatic nitrogens is 1. The first-order valence-corrected chi connectivity index (χ1v) is 18.2. The van der Waals surface area contributed by atoms with Crippen LogP contribution in [0.15, 0.2) is 176 Å². The van der Waals surface area contributed by atoms with Crippen LogP contribution < -0.4 is 4.90 Å². The Morgan fingerprint density at radius 1 is 0.442 bits per heavy atom. The maximum atomic E-state index is 2.48. The Hall–Kier alpha value is -6.38. The van der Waals surface area contributed by atoms with Gasteiger partial charge in [-0.15, -0.1) is 0 Å². The summed E-state index contributed by atoms with van der Waals surface area (Å²) in [6.07, 6.45) is 0. The summed E-state index contributed by atoms with van der Waals surface area (Å²) in [5.41, 5.74) is 11.0. The molecule has 0 saturated heterocycles. The van der Waals surface area contributed by atoms with Gasteiger partial charge in [0.1, 0.15) is 0 Å². The summed E-state index contributed by atoms with van der Waals surface area (Å²) in [6.45, 7) is 6.90. The van der Waals surface area contributed by atoms with Crippen molar-refractivity contribution in [3.8, 4) is 16.8 Å². The van der Waals surface area contributed by atoms with Crippen LogP contribution >= 0.6 is 0 Å². The van der Waals surface area contributed by atoms with Crippen molar-refractivity contribution in [2.75, 3.05) is 4.90 Å². The van der Waals surface area contributed by atoms with Gasteiger partial charge in [-0.1, -0.05) is 130 Å². The number of para-hydroxylation sites is 3. The van der Waals surface area contributed by atoms with Crippen molar-refractivity contribution in [3.05, 3.63) is 181 Å². The van der Waals surface area contributed by atoms with Crippen LogP contribution in [0, 0.1) is 0 Å². The first-order valence-electron chi connectivity index (χ1n) is 18.2. The monoisotopic (exact) mass is 666 g/mol. The maximum absolute atomic E-state index is 2.48. The molecule has 0 atom stereocenters. The van der Waals surface area contributed by atoms with Crippen LogP contribution in [-0.2, 0) is 5.41 Å². The molecule has 248 valence electrons. The van der Waals surface area contributed by atoms with Gasteiger partial charge in [-0.2, -0.15) is 0 Å². The standard InChI is InChI=1S/C50H38N2/c1-50(2,3)36-24-30-46-44(32-36)45-31-35-23-28-42-41(27-21-34-22-29-43(48(35)47(34)42)49(45)52(46)39-17-11-6-12-18-39)33-19-25-40(26-20-33)51(37-13-7-4-8-14-37)38-15-9-5-10-16-38/h4-32H,1-3H3. The largest absolute Gasteiger partial charge is 0.311 e. The van der Waals surface area contributed by atoms with Crippen molar-refractivity contribution in [2.45, 2.75) is 26.2 Å². The summed E-state index contributed by atoms with van der Waals surface area (Å²) in [6, 6.07) is 64.6. The van der Waals surface area contributed by atoms with E-state index >= 15 is 0 Å². The van der Waals surface area contributed by atoms with E-state index in [0.29, 0.717) is 0 Å².